The van der Waals surface area contributed by atoms with Crippen molar-refractivity contribution >= 4 is 27.3 Å². The van der Waals surface area contributed by atoms with Gasteiger partial charge < -0.3 is 4.12 Å². The molecule has 0 saturated carbocycles. The van der Waals surface area contributed by atoms with Gasteiger partial charge in [0.15, 0.2) is 8.32 Å². The zero-order chi connectivity index (χ0) is 11.6. The first kappa shape index (κ1) is 14.6. The summed E-state index contributed by atoms with van der Waals surface area (Å²) in [6, 6.07) is 0. The van der Waals surface area contributed by atoms with Crippen molar-refractivity contribution in [1.82, 2.24) is 0 Å². The van der Waals surface area contributed by atoms with Crippen LogP contribution in [-0.4, -0.2) is 21.8 Å². The maximum atomic E-state index is 6.13. The van der Waals surface area contributed by atoms with E-state index in [0.29, 0.717) is 0 Å². The van der Waals surface area contributed by atoms with Crippen molar-refractivity contribution in [2.24, 2.45) is 0 Å². The number of hydrogen-bond donors (Lipinski definition) is 0. The van der Waals surface area contributed by atoms with Gasteiger partial charge in [-0.2, -0.15) is 0 Å². The van der Waals surface area contributed by atoms with Gasteiger partial charge >= 0.3 is 7.87 Å². The van der Waals surface area contributed by atoms with Crippen molar-refractivity contribution in [3.63, 3.8) is 0 Å². The molecule has 86 valence electrons. The molecule has 0 amide bonds. The van der Waals surface area contributed by atoms with Crippen LogP contribution in [0, 0.1) is 0 Å². The Morgan fingerprint density at radius 3 is 1.71 bits per heavy atom. The Balaban J connectivity index is 4.09. The quantitative estimate of drug-likeness (QED) is 0.334. The van der Waals surface area contributed by atoms with Crippen molar-refractivity contribution in [1.29, 1.82) is 0 Å². The number of hydrogen-bond acceptors (Lipinski definition) is 3. The molecule has 0 aliphatic heterocycles. The fourth-order valence-corrected chi connectivity index (χ4v) is 7.85. The molecule has 0 rings (SSSR count). The molecule has 1 unspecified atom stereocenters. The van der Waals surface area contributed by atoms with Crippen LogP contribution in [0.2, 0.25) is 26.2 Å². The smallest absolute Gasteiger partial charge is 0.424 e. The Morgan fingerprint density at radius 2 is 1.43 bits per heavy atom. The average Bonchev–Trinajstić information content (AvgIpc) is 1.76. The van der Waals surface area contributed by atoms with Gasteiger partial charge in [-0.1, -0.05) is 11.1 Å². The first-order valence-electron chi connectivity index (χ1n) is 4.67. The van der Waals surface area contributed by atoms with E-state index in [0.717, 1.165) is 0 Å². The van der Waals surface area contributed by atoms with Gasteiger partial charge in [0.1, 0.15) is 0 Å². The van der Waals surface area contributed by atoms with Crippen molar-refractivity contribution in [3.8, 4) is 0 Å². The SMILES string of the molecule is CC(C)(C)OO[Si](C)(Cl)O[Si](C)(C)C. The Morgan fingerprint density at radius 1 is 1.00 bits per heavy atom. The van der Waals surface area contributed by atoms with Crippen LogP contribution >= 0.6 is 11.1 Å². The second-order valence-corrected chi connectivity index (χ2v) is 14.3. The van der Waals surface area contributed by atoms with Crippen LogP contribution in [0.15, 0.2) is 0 Å². The highest BCUT2D eigenvalue weighted by Gasteiger charge is 2.37. The Labute approximate surface area is 93.7 Å². The lowest BCUT2D eigenvalue weighted by molar-refractivity contribution is -0.289. The minimum Gasteiger partial charge on any atom is -0.424 e. The van der Waals surface area contributed by atoms with E-state index in [1.54, 1.807) is 6.55 Å². The predicted octanol–water partition coefficient (Wildman–Crippen LogP) is 3.39. The van der Waals surface area contributed by atoms with E-state index < -0.39 is 16.2 Å². The van der Waals surface area contributed by atoms with E-state index in [1.165, 1.54) is 0 Å². The second-order valence-electron chi connectivity index (χ2n) is 5.33. The van der Waals surface area contributed by atoms with E-state index >= 15 is 0 Å². The first-order chi connectivity index (χ1) is 5.91. The molecule has 0 heterocycles. The number of rotatable bonds is 4. The summed E-state index contributed by atoms with van der Waals surface area (Å²) in [7, 11) is -4.30. The highest BCUT2D eigenvalue weighted by molar-refractivity contribution is 7.14. The molecule has 0 saturated heterocycles. The molecule has 0 N–H and O–H groups in total. The molecule has 14 heavy (non-hydrogen) atoms. The molecule has 0 aliphatic carbocycles. The van der Waals surface area contributed by atoms with Crippen molar-refractivity contribution in [2.75, 3.05) is 0 Å². The zero-order valence-electron chi connectivity index (χ0n) is 10.1. The fraction of sp³-hybridized carbons (Fsp3) is 1.00. The maximum Gasteiger partial charge on any atom is 0.461 e. The van der Waals surface area contributed by atoms with Crippen LogP contribution in [0.3, 0.4) is 0 Å². The normalized spacial score (nSPS) is 18.0. The second kappa shape index (κ2) is 4.63. The summed E-state index contributed by atoms with van der Waals surface area (Å²) in [6.45, 7) is 13.7. The lowest BCUT2D eigenvalue weighted by Gasteiger charge is -2.29. The molecular formula is C8H21ClO3Si2. The van der Waals surface area contributed by atoms with Gasteiger partial charge in [0, 0.05) is 0 Å². The topological polar surface area (TPSA) is 27.7 Å². The maximum absolute atomic E-state index is 6.13. The Kier molecular flexibility index (Phi) is 4.83. The lowest BCUT2D eigenvalue weighted by Crippen LogP contribution is -2.44. The molecule has 0 aliphatic rings. The summed E-state index contributed by atoms with van der Waals surface area (Å²) < 4.78 is 10.9. The molecule has 1 atom stereocenters. The molecule has 0 fully saturated rings. The van der Waals surface area contributed by atoms with Gasteiger partial charge in [-0.25, -0.2) is 9.46 Å². The average molecular weight is 257 g/mol. The van der Waals surface area contributed by atoms with Crippen LogP contribution in [-0.2, 0) is 13.6 Å². The molecule has 0 aromatic heterocycles. The van der Waals surface area contributed by atoms with Crippen LogP contribution in [0.5, 0.6) is 0 Å². The summed E-state index contributed by atoms with van der Waals surface area (Å²) in [5, 5.41) is 0. The van der Waals surface area contributed by atoms with Gasteiger partial charge in [0.05, 0.1) is 5.60 Å². The molecule has 3 nitrogen and oxygen atoms in total. The van der Waals surface area contributed by atoms with Crippen molar-refractivity contribution < 1.29 is 13.6 Å². The zero-order valence-corrected chi connectivity index (χ0v) is 12.9. The molecule has 0 aromatic rings. The molecule has 0 radical (unpaired) electrons. The van der Waals surface area contributed by atoms with Gasteiger partial charge in [0.25, 0.3) is 0 Å². The van der Waals surface area contributed by atoms with Gasteiger partial charge in [-0.15, -0.1) is 0 Å². The lowest BCUT2D eigenvalue weighted by atomic mass is 10.2. The van der Waals surface area contributed by atoms with Crippen LogP contribution in [0.1, 0.15) is 20.8 Å². The Hall–Kier alpha value is 0.604. The van der Waals surface area contributed by atoms with Crippen LogP contribution < -0.4 is 0 Å². The monoisotopic (exact) mass is 256 g/mol. The van der Waals surface area contributed by atoms with Gasteiger partial charge in [0.2, 0.25) is 0 Å². The van der Waals surface area contributed by atoms with Crippen molar-refractivity contribution in [3.05, 3.63) is 0 Å². The molecule has 0 spiro atoms. The minimum absolute atomic E-state index is 0.355. The van der Waals surface area contributed by atoms with Crippen LogP contribution in [0.4, 0.5) is 0 Å². The number of halogens is 1. The van der Waals surface area contributed by atoms with E-state index in [4.69, 9.17) is 24.7 Å². The molecule has 0 bridgehead atoms. The van der Waals surface area contributed by atoms with E-state index in [9.17, 15) is 0 Å². The van der Waals surface area contributed by atoms with E-state index in [1.807, 2.05) is 20.8 Å². The largest absolute Gasteiger partial charge is 0.461 e. The molecule has 6 heteroatoms. The highest BCUT2D eigenvalue weighted by Crippen LogP contribution is 2.22. The van der Waals surface area contributed by atoms with Crippen molar-refractivity contribution in [2.45, 2.75) is 52.6 Å². The summed E-state index contributed by atoms with van der Waals surface area (Å²) in [4.78, 5) is 5.17. The molecule has 0 aromatic carbocycles. The predicted molar refractivity (Wildman–Crippen MR) is 63.8 cm³/mol. The first-order valence-corrected chi connectivity index (χ1v) is 11.4. The van der Waals surface area contributed by atoms with Gasteiger partial charge in [-0.3, -0.25) is 0 Å². The third kappa shape index (κ3) is 9.17. The third-order valence-electron chi connectivity index (χ3n) is 0.929. The summed E-state index contributed by atoms with van der Waals surface area (Å²) in [6.07, 6.45) is 0. The summed E-state index contributed by atoms with van der Waals surface area (Å²) in [5.74, 6) is 0. The fourth-order valence-electron chi connectivity index (χ4n) is 0.763. The summed E-state index contributed by atoms with van der Waals surface area (Å²) >= 11 is 6.13. The van der Waals surface area contributed by atoms with E-state index in [-0.39, 0.29) is 5.60 Å². The van der Waals surface area contributed by atoms with Crippen LogP contribution in [0.25, 0.3) is 0 Å². The van der Waals surface area contributed by atoms with E-state index in [2.05, 4.69) is 19.6 Å². The highest BCUT2D eigenvalue weighted by atomic mass is 35.6. The standard InChI is InChI=1S/C8H21ClO3Si2/c1-8(2,3)10-11-14(7,9)12-13(4,5)6/h1-7H3. The minimum atomic E-state index is -2.64. The van der Waals surface area contributed by atoms with Gasteiger partial charge in [-0.05, 0) is 47.0 Å². The summed E-state index contributed by atoms with van der Waals surface area (Å²) in [5.41, 5.74) is -0.355. The third-order valence-corrected chi connectivity index (χ3v) is 6.10. The molecular weight excluding hydrogens is 236 g/mol. The Bertz CT molecular complexity index is 184.